The topological polar surface area (TPSA) is 34.1 Å². The Kier molecular flexibility index (Phi) is 7.77. The summed E-state index contributed by atoms with van der Waals surface area (Å²) in [5.74, 6) is 0.924. The highest BCUT2D eigenvalue weighted by atomic mass is 35.5. The molecule has 0 atom stereocenters. The minimum Gasteiger partial charge on any atom is -0.376 e. The lowest BCUT2D eigenvalue weighted by atomic mass is 9.93. The summed E-state index contributed by atoms with van der Waals surface area (Å²) in [5.41, 5.74) is 1.85. The molecule has 1 aliphatic rings. The second-order valence-corrected chi connectivity index (χ2v) is 5.33. The minimum atomic E-state index is 0. The third kappa shape index (κ3) is 5.82. The van der Waals surface area contributed by atoms with Gasteiger partial charge in [-0.05, 0) is 44.7 Å². The van der Waals surface area contributed by atoms with Crippen LogP contribution < -0.4 is 5.32 Å². The number of rotatable bonds is 6. The van der Waals surface area contributed by atoms with Gasteiger partial charge in [-0.3, -0.25) is 4.98 Å². The first kappa shape index (κ1) is 14.9. The summed E-state index contributed by atoms with van der Waals surface area (Å²) >= 11 is 1.66. The molecule has 0 aliphatic carbocycles. The van der Waals surface area contributed by atoms with E-state index in [0.29, 0.717) is 0 Å². The molecule has 17 heavy (non-hydrogen) atoms. The molecule has 1 aromatic heterocycles. The van der Waals surface area contributed by atoms with E-state index in [1.807, 2.05) is 11.7 Å². The van der Waals surface area contributed by atoms with Crippen LogP contribution in [-0.4, -0.2) is 24.7 Å². The van der Waals surface area contributed by atoms with E-state index >= 15 is 0 Å². The van der Waals surface area contributed by atoms with E-state index in [2.05, 4.69) is 10.3 Å². The molecule has 0 saturated carbocycles. The van der Waals surface area contributed by atoms with Gasteiger partial charge < -0.3 is 10.1 Å². The van der Waals surface area contributed by atoms with Crippen molar-refractivity contribution in [3.8, 4) is 0 Å². The molecule has 0 bridgehead atoms. The zero-order valence-electron chi connectivity index (χ0n) is 10.1. The van der Waals surface area contributed by atoms with Crippen molar-refractivity contribution < 1.29 is 4.74 Å². The first-order valence-corrected chi connectivity index (χ1v) is 6.99. The number of piperidine rings is 1. The van der Waals surface area contributed by atoms with Crippen LogP contribution in [0.2, 0.25) is 0 Å². The Hall–Kier alpha value is -0.160. The quantitative estimate of drug-likeness (QED) is 0.812. The first-order valence-electron chi connectivity index (χ1n) is 6.11. The van der Waals surface area contributed by atoms with Crippen LogP contribution in [-0.2, 0) is 11.3 Å². The summed E-state index contributed by atoms with van der Waals surface area (Å²) in [6, 6.07) is 0. The fraction of sp³-hybridized carbons (Fsp3) is 0.750. The molecule has 1 aromatic rings. The summed E-state index contributed by atoms with van der Waals surface area (Å²) in [5, 5.41) is 3.40. The van der Waals surface area contributed by atoms with Gasteiger partial charge in [0.25, 0.3) is 0 Å². The van der Waals surface area contributed by atoms with Crippen LogP contribution in [0, 0.1) is 5.92 Å². The summed E-state index contributed by atoms with van der Waals surface area (Å²) in [6.45, 7) is 4.03. The highest BCUT2D eigenvalue weighted by Gasteiger charge is 2.11. The summed E-state index contributed by atoms with van der Waals surface area (Å²) in [6.07, 6.45) is 7.09. The van der Waals surface area contributed by atoms with Gasteiger partial charge in [-0.1, -0.05) is 0 Å². The Bertz CT molecular complexity index is 276. The molecule has 0 aromatic carbocycles. The predicted molar refractivity (Wildman–Crippen MR) is 73.8 cm³/mol. The average molecular weight is 277 g/mol. The molecule has 1 fully saturated rings. The smallest absolute Gasteiger partial charge is 0.0825 e. The van der Waals surface area contributed by atoms with Crippen molar-refractivity contribution in [3.05, 3.63) is 16.6 Å². The van der Waals surface area contributed by atoms with Gasteiger partial charge >= 0.3 is 0 Å². The molecule has 5 heteroatoms. The third-order valence-electron chi connectivity index (χ3n) is 3.09. The number of hydrogen-bond donors (Lipinski definition) is 1. The summed E-state index contributed by atoms with van der Waals surface area (Å²) in [4.78, 5) is 5.25. The molecule has 2 heterocycles. The number of nitrogens with zero attached hydrogens (tertiary/aromatic N) is 1. The van der Waals surface area contributed by atoms with Crippen molar-refractivity contribution in [3.63, 3.8) is 0 Å². The van der Waals surface area contributed by atoms with E-state index in [-0.39, 0.29) is 12.4 Å². The van der Waals surface area contributed by atoms with E-state index in [1.54, 1.807) is 11.3 Å². The van der Waals surface area contributed by atoms with E-state index in [0.717, 1.165) is 19.1 Å². The molecule has 1 N–H and O–H groups in total. The lowest BCUT2D eigenvalue weighted by Gasteiger charge is -2.22. The molecular weight excluding hydrogens is 256 g/mol. The number of thiazole rings is 1. The van der Waals surface area contributed by atoms with Gasteiger partial charge in [-0.15, -0.1) is 23.7 Å². The van der Waals surface area contributed by atoms with Crippen LogP contribution in [0.1, 0.15) is 30.6 Å². The SMILES string of the molecule is Cl.c1ncc(COCCCC2CCNCC2)s1. The molecule has 98 valence electrons. The maximum Gasteiger partial charge on any atom is 0.0825 e. The second-order valence-electron chi connectivity index (χ2n) is 4.36. The van der Waals surface area contributed by atoms with Gasteiger partial charge in [-0.25, -0.2) is 0 Å². The Morgan fingerprint density at radius 2 is 2.24 bits per heavy atom. The van der Waals surface area contributed by atoms with E-state index in [1.165, 1.54) is 43.6 Å². The van der Waals surface area contributed by atoms with E-state index in [4.69, 9.17) is 4.74 Å². The van der Waals surface area contributed by atoms with Gasteiger partial charge in [0.1, 0.15) is 0 Å². The Morgan fingerprint density at radius 3 is 2.94 bits per heavy atom. The fourth-order valence-electron chi connectivity index (χ4n) is 2.13. The Labute approximate surface area is 113 Å². The second kappa shape index (κ2) is 8.86. The lowest BCUT2D eigenvalue weighted by molar-refractivity contribution is 0.114. The van der Waals surface area contributed by atoms with Gasteiger partial charge in [0.15, 0.2) is 0 Å². The normalized spacial score (nSPS) is 16.7. The van der Waals surface area contributed by atoms with Crippen LogP contribution in [0.3, 0.4) is 0 Å². The Morgan fingerprint density at radius 1 is 1.41 bits per heavy atom. The molecule has 0 unspecified atom stereocenters. The zero-order chi connectivity index (χ0) is 11.1. The van der Waals surface area contributed by atoms with Crippen LogP contribution in [0.5, 0.6) is 0 Å². The van der Waals surface area contributed by atoms with Crippen molar-refractivity contribution in [2.24, 2.45) is 5.92 Å². The maximum atomic E-state index is 5.62. The van der Waals surface area contributed by atoms with Crippen molar-refractivity contribution in [1.82, 2.24) is 10.3 Å². The monoisotopic (exact) mass is 276 g/mol. The maximum absolute atomic E-state index is 5.62. The minimum absolute atomic E-state index is 0. The summed E-state index contributed by atoms with van der Waals surface area (Å²) < 4.78 is 5.62. The number of hydrogen-bond acceptors (Lipinski definition) is 4. The molecule has 1 saturated heterocycles. The van der Waals surface area contributed by atoms with Crippen LogP contribution >= 0.6 is 23.7 Å². The molecule has 0 radical (unpaired) electrons. The van der Waals surface area contributed by atoms with E-state index < -0.39 is 0 Å². The zero-order valence-corrected chi connectivity index (χ0v) is 11.7. The Balaban J connectivity index is 0.00000144. The number of halogens is 1. The standard InChI is InChI=1S/C12H20N2OS.ClH/c1(2-11-3-5-13-6-4-11)7-15-9-12-8-14-10-16-12;/h8,10-11,13H,1-7,9H2;1H. The largest absolute Gasteiger partial charge is 0.376 e. The molecular formula is C12H21ClN2OS. The summed E-state index contributed by atoms with van der Waals surface area (Å²) in [7, 11) is 0. The highest BCUT2D eigenvalue weighted by Crippen LogP contribution is 2.17. The van der Waals surface area contributed by atoms with Crippen LogP contribution in [0.15, 0.2) is 11.7 Å². The number of aromatic nitrogens is 1. The van der Waals surface area contributed by atoms with Crippen molar-refractivity contribution in [2.75, 3.05) is 19.7 Å². The van der Waals surface area contributed by atoms with Crippen molar-refractivity contribution >= 4 is 23.7 Å². The first-order chi connectivity index (χ1) is 7.95. The van der Waals surface area contributed by atoms with Crippen molar-refractivity contribution in [2.45, 2.75) is 32.3 Å². The van der Waals surface area contributed by atoms with Crippen molar-refractivity contribution in [1.29, 1.82) is 0 Å². The number of nitrogens with one attached hydrogen (secondary N) is 1. The fourth-order valence-corrected chi connectivity index (χ4v) is 2.66. The molecule has 3 nitrogen and oxygen atoms in total. The van der Waals surface area contributed by atoms with Gasteiger partial charge in [0, 0.05) is 12.8 Å². The van der Waals surface area contributed by atoms with Crippen LogP contribution in [0.4, 0.5) is 0 Å². The van der Waals surface area contributed by atoms with Gasteiger partial charge in [0.2, 0.25) is 0 Å². The molecule has 0 spiro atoms. The molecule has 1 aliphatic heterocycles. The molecule has 2 rings (SSSR count). The average Bonchev–Trinajstić information content (AvgIpc) is 2.83. The molecule has 0 amide bonds. The van der Waals surface area contributed by atoms with Gasteiger partial charge in [-0.2, -0.15) is 0 Å². The highest BCUT2D eigenvalue weighted by molar-refractivity contribution is 7.09. The van der Waals surface area contributed by atoms with Crippen LogP contribution in [0.25, 0.3) is 0 Å². The lowest BCUT2D eigenvalue weighted by Crippen LogP contribution is -2.27. The number of ether oxygens (including phenoxy) is 1. The van der Waals surface area contributed by atoms with Gasteiger partial charge in [0.05, 0.1) is 17.0 Å². The predicted octanol–water partition coefficient (Wildman–Crippen LogP) is 2.86. The van der Waals surface area contributed by atoms with E-state index in [9.17, 15) is 0 Å². The third-order valence-corrected chi connectivity index (χ3v) is 3.84.